The summed E-state index contributed by atoms with van der Waals surface area (Å²) < 4.78 is 64.0. The van der Waals surface area contributed by atoms with Crippen LogP contribution in [0.15, 0.2) is 0 Å². The molecule has 0 aromatic rings. The van der Waals surface area contributed by atoms with Gasteiger partial charge in [-0.3, -0.25) is 0 Å². The smallest absolute Gasteiger partial charge is 1.00 e. The number of hydrogen-bond donors (Lipinski definition) is 0. The largest absolute Gasteiger partial charge is 1.00 e. The second kappa shape index (κ2) is 16.3. The quantitative estimate of drug-likeness (QED) is 0.159. The monoisotopic (exact) mass is 440 g/mol. The van der Waals surface area contributed by atoms with Gasteiger partial charge >= 0.3 is 51.9 Å². The summed E-state index contributed by atoms with van der Waals surface area (Å²) in [5.74, 6) is -4.29. The second-order valence-corrected chi connectivity index (χ2v) is 6.69. The van der Waals surface area contributed by atoms with Crippen molar-refractivity contribution in [2.24, 2.45) is 0 Å². The predicted octanol–water partition coefficient (Wildman–Crippen LogP) is -3.08. The molecule has 14 heteroatoms. The first-order valence-electron chi connectivity index (χ1n) is 8.15. The van der Waals surface area contributed by atoms with Gasteiger partial charge in [-0.25, -0.2) is 0 Å². The maximum Gasteiger partial charge on any atom is 1.00 e. The molecule has 0 aliphatic carbocycles. The van der Waals surface area contributed by atoms with E-state index >= 15 is 0 Å². The first-order valence-corrected chi connectivity index (χ1v) is 9.56. The minimum absolute atomic E-state index is 0. The van der Waals surface area contributed by atoms with Gasteiger partial charge in [0.25, 0.3) is 0 Å². The maximum atomic E-state index is 5.72. The molecule has 0 aromatic carbocycles. The van der Waals surface area contributed by atoms with Crippen molar-refractivity contribution in [1.29, 1.82) is 0 Å². The minimum atomic E-state index is -2.88. The number of ether oxygens (including phenoxy) is 9. The van der Waals surface area contributed by atoms with Crippen molar-refractivity contribution >= 4 is 15.1 Å². The molecule has 0 bridgehead atoms. The minimum Gasteiger partial charge on any atom is -1.00 e. The zero-order chi connectivity index (χ0) is 21.7. The van der Waals surface area contributed by atoms with Gasteiger partial charge in [-0.15, -0.1) is 0 Å². The summed E-state index contributed by atoms with van der Waals surface area (Å²) in [6, 6.07) is 0. The van der Waals surface area contributed by atoms with Crippen LogP contribution in [0, 0.1) is 0 Å². The summed E-state index contributed by atoms with van der Waals surface area (Å²) >= 11 is -2.88. The van der Waals surface area contributed by atoms with Gasteiger partial charge in [-0.05, 0) is 0 Å². The van der Waals surface area contributed by atoms with Crippen molar-refractivity contribution in [1.82, 2.24) is 0 Å². The van der Waals surface area contributed by atoms with Gasteiger partial charge in [-0.2, -0.15) is 0 Å². The maximum absolute atomic E-state index is 5.72. The van der Waals surface area contributed by atoms with Crippen LogP contribution in [0.1, 0.15) is 1.43 Å². The van der Waals surface area contributed by atoms with Crippen molar-refractivity contribution in [2.75, 3.05) is 83.8 Å². The Morgan fingerprint density at radius 2 is 0.621 bits per heavy atom. The number of rotatable bonds is 18. The van der Waals surface area contributed by atoms with Crippen LogP contribution >= 0.6 is 0 Å². The van der Waals surface area contributed by atoms with Crippen molar-refractivity contribution in [3.63, 3.8) is 0 Å². The molecule has 0 radical (unpaired) electrons. The first-order chi connectivity index (χ1) is 13.3. The zero-order valence-corrected chi connectivity index (χ0v) is 20.3. The Hall–Kier alpha value is 0.650. The average molecular weight is 440 g/mol. The Labute approximate surface area is 191 Å². The summed E-state index contributed by atoms with van der Waals surface area (Å²) in [6.45, 7) is -0.437. The van der Waals surface area contributed by atoms with E-state index in [4.69, 9.17) is 54.0 Å². The van der Waals surface area contributed by atoms with Crippen LogP contribution < -0.4 is 18.9 Å². The normalized spacial score (nSPS) is 12.7. The molecule has 12 nitrogen and oxygen atoms in total. The Balaban J connectivity index is -0.00000364. The molecule has 0 heterocycles. The molecule has 29 heavy (non-hydrogen) atoms. The molecule has 0 aliphatic heterocycles. The van der Waals surface area contributed by atoms with Crippen LogP contribution in [0.25, 0.3) is 0 Å². The van der Waals surface area contributed by atoms with E-state index in [0.29, 0.717) is 0 Å². The van der Waals surface area contributed by atoms with Gasteiger partial charge in [0, 0.05) is 64.0 Å². The third kappa shape index (κ3) is 9.76. The standard InChI is InChI=1S/3C5H11O4.Al.Li.H/c3*1-7-5(4-6,8-2)9-3;;;/h3*4H2,1-3H3;;;/q3*-1;+3;+1;-1. The summed E-state index contributed by atoms with van der Waals surface area (Å²) in [5, 5.41) is 0. The van der Waals surface area contributed by atoms with Crippen LogP contribution in [0.5, 0.6) is 0 Å². The molecule has 0 rings (SSSR count). The van der Waals surface area contributed by atoms with E-state index in [-0.39, 0.29) is 40.1 Å². The number of methoxy groups -OCH3 is 9. The zero-order valence-electron chi connectivity index (χ0n) is 20.1. The first kappa shape index (κ1) is 31.8. The molecule has 0 unspecified atom stereocenters. The molecule has 170 valence electrons. The second-order valence-electron chi connectivity index (χ2n) is 5.11. The van der Waals surface area contributed by atoms with E-state index in [2.05, 4.69) is 0 Å². The SMILES string of the molecule is COC(C[O][Al]([O]CC(OC)(OC)OC)[O]CC(OC)(OC)OC)(OC)OC.[H-].[Li+]. The van der Waals surface area contributed by atoms with Crippen LogP contribution in [0.2, 0.25) is 0 Å². The topological polar surface area (TPSA) is 111 Å². The molecule has 0 N–H and O–H groups in total. The van der Waals surface area contributed by atoms with Crippen molar-refractivity contribution < 1.29 is 74.3 Å². The molecule has 0 fully saturated rings. The van der Waals surface area contributed by atoms with Gasteiger partial charge in [-0.1, -0.05) is 0 Å². The molecule has 0 aromatic heterocycles. The van der Waals surface area contributed by atoms with Crippen molar-refractivity contribution in [3.8, 4) is 0 Å². The van der Waals surface area contributed by atoms with Gasteiger partial charge in [0.15, 0.2) is 0 Å². The van der Waals surface area contributed by atoms with Crippen LogP contribution in [-0.2, 0) is 54.0 Å². The summed E-state index contributed by atoms with van der Waals surface area (Å²) in [6.07, 6.45) is 0. The Bertz CT molecular complexity index is 318. The fraction of sp³-hybridized carbons (Fsp3) is 1.00. The molecular weight excluding hydrogens is 406 g/mol. The van der Waals surface area contributed by atoms with E-state index in [1.54, 1.807) is 0 Å². The van der Waals surface area contributed by atoms with Gasteiger partial charge in [0.2, 0.25) is 0 Å². The summed E-state index contributed by atoms with van der Waals surface area (Å²) in [4.78, 5) is 0. The molecule has 0 saturated carbocycles. The summed E-state index contributed by atoms with van der Waals surface area (Å²) in [7, 11) is 12.7. The van der Waals surface area contributed by atoms with Crippen molar-refractivity contribution in [2.45, 2.75) is 17.9 Å². The number of hydrogen-bond acceptors (Lipinski definition) is 12. The Kier molecular flexibility index (Phi) is 17.9. The molecular formula is C15H34AlLiO12. The summed E-state index contributed by atoms with van der Waals surface area (Å²) in [5.41, 5.74) is 0. The van der Waals surface area contributed by atoms with Gasteiger partial charge in [0.05, 0.1) is 0 Å². The third-order valence-electron chi connectivity index (χ3n) is 3.99. The Morgan fingerprint density at radius 3 is 0.759 bits per heavy atom. The van der Waals surface area contributed by atoms with E-state index in [1.807, 2.05) is 0 Å². The average Bonchev–Trinajstić information content (AvgIpc) is 2.76. The van der Waals surface area contributed by atoms with Crippen LogP contribution in [0.4, 0.5) is 0 Å². The third-order valence-corrected chi connectivity index (χ3v) is 5.30. The van der Waals surface area contributed by atoms with Gasteiger partial charge < -0.3 is 55.4 Å². The molecule has 0 aliphatic rings. The van der Waals surface area contributed by atoms with Gasteiger partial charge in [0.1, 0.15) is 19.8 Å². The molecule has 0 amide bonds. The molecule has 0 saturated heterocycles. The predicted molar refractivity (Wildman–Crippen MR) is 96.0 cm³/mol. The van der Waals surface area contributed by atoms with Crippen molar-refractivity contribution in [3.05, 3.63) is 0 Å². The van der Waals surface area contributed by atoms with Crippen LogP contribution in [-0.4, -0.2) is 117 Å². The molecule has 0 atom stereocenters. The van der Waals surface area contributed by atoms with E-state index in [0.717, 1.165) is 0 Å². The fourth-order valence-electron chi connectivity index (χ4n) is 1.93. The van der Waals surface area contributed by atoms with E-state index < -0.39 is 33.1 Å². The van der Waals surface area contributed by atoms with Crippen LogP contribution in [0.3, 0.4) is 0 Å². The fourth-order valence-corrected chi connectivity index (χ4v) is 3.24. The molecule has 0 spiro atoms. The van der Waals surface area contributed by atoms with E-state index in [9.17, 15) is 0 Å². The Morgan fingerprint density at radius 1 is 0.448 bits per heavy atom. The van der Waals surface area contributed by atoms with E-state index in [1.165, 1.54) is 64.0 Å².